The van der Waals surface area contributed by atoms with Crippen LogP contribution in [0.25, 0.3) is 0 Å². The maximum atomic E-state index is 13.0. The summed E-state index contributed by atoms with van der Waals surface area (Å²) in [5.41, 5.74) is 3.99. The van der Waals surface area contributed by atoms with Gasteiger partial charge in [0.25, 0.3) is 0 Å². The minimum Gasteiger partial charge on any atom is -0.343 e. The highest BCUT2D eigenvalue weighted by Crippen LogP contribution is 2.25. The van der Waals surface area contributed by atoms with Crippen LogP contribution in [-0.4, -0.2) is 58.9 Å². The van der Waals surface area contributed by atoms with Gasteiger partial charge in [-0.05, 0) is 46.2 Å². The first-order valence-electron chi connectivity index (χ1n) is 10.7. The summed E-state index contributed by atoms with van der Waals surface area (Å²) < 4.78 is 2.23. The molecule has 1 aliphatic rings. The molecule has 0 aliphatic carbocycles. The maximum Gasteiger partial charge on any atom is 0.317 e. The monoisotopic (exact) mass is 410 g/mol. The zero-order valence-electron chi connectivity index (χ0n) is 18.9. The van der Waals surface area contributed by atoms with Gasteiger partial charge in [0.15, 0.2) is 5.78 Å². The molecule has 0 unspecified atom stereocenters. The number of aromatic nitrogens is 1. The van der Waals surface area contributed by atoms with Crippen molar-refractivity contribution in [1.82, 2.24) is 19.7 Å². The highest BCUT2D eigenvalue weighted by molar-refractivity contribution is 5.99. The minimum atomic E-state index is -0.0502. The second kappa shape index (κ2) is 9.04. The summed E-state index contributed by atoms with van der Waals surface area (Å²) in [6.45, 7) is 14.2. The number of rotatable bonds is 5. The Morgan fingerprint density at radius 2 is 1.63 bits per heavy atom. The molecule has 2 aromatic rings. The van der Waals surface area contributed by atoms with Gasteiger partial charge in [0.1, 0.15) is 0 Å². The standard InChI is InChI=1S/C24H34N4O2/c1-18-15-21(19(2)28(18)24(3,4)5)22(29)17-26-11-13-27(14-12-26)23(30)25-16-20-9-7-6-8-10-20/h6-10,15H,11-14,16-17H2,1-5H3,(H,25,30). The van der Waals surface area contributed by atoms with E-state index < -0.39 is 0 Å². The first-order chi connectivity index (χ1) is 14.2. The van der Waals surface area contributed by atoms with Crippen molar-refractivity contribution >= 4 is 11.8 Å². The Bertz CT molecular complexity index is 888. The Morgan fingerprint density at radius 1 is 1.00 bits per heavy atom. The third-order valence-electron chi connectivity index (χ3n) is 5.72. The summed E-state index contributed by atoms with van der Waals surface area (Å²) >= 11 is 0. The molecule has 6 heteroatoms. The first kappa shape index (κ1) is 22.1. The number of hydrogen-bond donors (Lipinski definition) is 1. The molecule has 0 radical (unpaired) electrons. The van der Waals surface area contributed by atoms with Gasteiger partial charge in [-0.3, -0.25) is 9.69 Å². The van der Waals surface area contributed by atoms with Crippen molar-refractivity contribution in [3.8, 4) is 0 Å². The van der Waals surface area contributed by atoms with Crippen LogP contribution in [0.3, 0.4) is 0 Å². The van der Waals surface area contributed by atoms with Gasteiger partial charge in [-0.2, -0.15) is 0 Å². The first-order valence-corrected chi connectivity index (χ1v) is 10.7. The fraction of sp³-hybridized carbons (Fsp3) is 0.500. The normalized spacial score (nSPS) is 15.3. The topological polar surface area (TPSA) is 57.6 Å². The van der Waals surface area contributed by atoms with Crippen LogP contribution in [0.4, 0.5) is 4.79 Å². The molecule has 0 bridgehead atoms. The van der Waals surface area contributed by atoms with Crippen LogP contribution in [-0.2, 0) is 12.1 Å². The lowest BCUT2D eigenvalue weighted by Crippen LogP contribution is -2.52. The molecule has 162 valence electrons. The van der Waals surface area contributed by atoms with Crippen LogP contribution in [0.1, 0.15) is 48.1 Å². The lowest BCUT2D eigenvalue weighted by Gasteiger charge is -2.34. The molecule has 1 N–H and O–H groups in total. The smallest absolute Gasteiger partial charge is 0.317 e. The van der Waals surface area contributed by atoms with E-state index in [1.54, 1.807) is 0 Å². The number of nitrogens with one attached hydrogen (secondary N) is 1. The zero-order valence-corrected chi connectivity index (χ0v) is 18.9. The molecule has 1 fully saturated rings. The van der Waals surface area contributed by atoms with E-state index in [4.69, 9.17) is 0 Å². The van der Waals surface area contributed by atoms with Crippen LogP contribution in [0.2, 0.25) is 0 Å². The van der Waals surface area contributed by atoms with Crippen molar-refractivity contribution in [2.24, 2.45) is 0 Å². The molecular weight excluding hydrogens is 376 g/mol. The largest absolute Gasteiger partial charge is 0.343 e. The average molecular weight is 411 g/mol. The van der Waals surface area contributed by atoms with E-state index >= 15 is 0 Å². The van der Waals surface area contributed by atoms with Crippen LogP contribution in [0, 0.1) is 13.8 Å². The summed E-state index contributed by atoms with van der Waals surface area (Å²) in [7, 11) is 0. The van der Waals surface area contributed by atoms with E-state index in [1.807, 2.05) is 48.2 Å². The summed E-state index contributed by atoms with van der Waals surface area (Å²) in [6, 6.07) is 11.9. The van der Waals surface area contributed by atoms with Gasteiger partial charge < -0.3 is 14.8 Å². The Morgan fingerprint density at radius 3 is 2.20 bits per heavy atom. The molecule has 2 amide bonds. The number of nitrogens with zero attached hydrogens (tertiary/aromatic N) is 3. The number of benzene rings is 1. The zero-order chi connectivity index (χ0) is 21.9. The van der Waals surface area contributed by atoms with E-state index in [9.17, 15) is 9.59 Å². The van der Waals surface area contributed by atoms with Gasteiger partial charge in [0.05, 0.1) is 6.54 Å². The van der Waals surface area contributed by atoms with Gasteiger partial charge in [0, 0.05) is 55.2 Å². The number of piperazine rings is 1. The third-order valence-corrected chi connectivity index (χ3v) is 5.72. The third kappa shape index (κ3) is 5.11. The number of carbonyl (C=O) groups excluding carboxylic acids is 2. The number of urea groups is 1. The minimum absolute atomic E-state index is 0.0430. The molecule has 6 nitrogen and oxygen atoms in total. The Kier molecular flexibility index (Phi) is 6.66. The molecule has 0 atom stereocenters. The lowest BCUT2D eigenvalue weighted by molar-refractivity contribution is 0.0877. The second-order valence-corrected chi connectivity index (χ2v) is 9.12. The van der Waals surface area contributed by atoms with Crippen LogP contribution in [0.5, 0.6) is 0 Å². The quantitative estimate of drug-likeness (QED) is 0.767. The van der Waals surface area contributed by atoms with Crippen molar-refractivity contribution in [2.45, 2.75) is 46.7 Å². The number of amides is 2. The predicted octanol–water partition coefficient (Wildman–Crippen LogP) is 3.57. The Labute approximate surface area is 179 Å². The molecule has 1 aromatic carbocycles. The van der Waals surface area contributed by atoms with E-state index in [0.29, 0.717) is 39.3 Å². The number of ketones is 1. The van der Waals surface area contributed by atoms with Gasteiger partial charge >= 0.3 is 6.03 Å². The lowest BCUT2D eigenvalue weighted by atomic mass is 10.1. The highest BCUT2D eigenvalue weighted by atomic mass is 16.2. The molecule has 0 spiro atoms. The Hall–Kier alpha value is -2.60. The summed E-state index contributed by atoms with van der Waals surface area (Å²) in [5, 5.41) is 2.98. The molecule has 2 heterocycles. The van der Waals surface area contributed by atoms with Gasteiger partial charge in [-0.15, -0.1) is 0 Å². The van der Waals surface area contributed by atoms with Gasteiger partial charge in [-0.1, -0.05) is 30.3 Å². The van der Waals surface area contributed by atoms with Crippen molar-refractivity contribution in [1.29, 1.82) is 0 Å². The molecule has 0 saturated carbocycles. The summed E-state index contributed by atoms with van der Waals surface area (Å²) in [5.74, 6) is 0.153. The second-order valence-electron chi connectivity index (χ2n) is 9.12. The summed E-state index contributed by atoms with van der Waals surface area (Å²) in [4.78, 5) is 29.4. The molecule has 1 aliphatic heterocycles. The Balaban J connectivity index is 1.51. The number of hydrogen-bond acceptors (Lipinski definition) is 3. The van der Waals surface area contributed by atoms with E-state index in [2.05, 4.69) is 42.5 Å². The molecule has 30 heavy (non-hydrogen) atoms. The van der Waals surface area contributed by atoms with Crippen molar-refractivity contribution in [3.05, 3.63) is 58.9 Å². The highest BCUT2D eigenvalue weighted by Gasteiger charge is 2.26. The fourth-order valence-electron chi connectivity index (χ4n) is 4.36. The van der Waals surface area contributed by atoms with Crippen molar-refractivity contribution < 1.29 is 9.59 Å². The molecule has 1 aromatic heterocycles. The van der Waals surface area contributed by atoms with E-state index in [1.165, 1.54) is 0 Å². The number of carbonyl (C=O) groups is 2. The fourth-order valence-corrected chi connectivity index (χ4v) is 4.36. The maximum absolute atomic E-state index is 13.0. The van der Waals surface area contributed by atoms with E-state index in [0.717, 1.165) is 22.5 Å². The van der Waals surface area contributed by atoms with Crippen LogP contribution in [0.15, 0.2) is 36.4 Å². The summed E-state index contributed by atoms with van der Waals surface area (Å²) in [6.07, 6.45) is 0. The number of aryl methyl sites for hydroxylation is 1. The molecule has 1 saturated heterocycles. The van der Waals surface area contributed by atoms with Crippen LogP contribution < -0.4 is 5.32 Å². The molecular formula is C24H34N4O2. The van der Waals surface area contributed by atoms with Crippen molar-refractivity contribution in [2.75, 3.05) is 32.7 Å². The van der Waals surface area contributed by atoms with Crippen molar-refractivity contribution in [3.63, 3.8) is 0 Å². The average Bonchev–Trinajstić information content (AvgIpc) is 3.02. The van der Waals surface area contributed by atoms with E-state index in [-0.39, 0.29) is 17.4 Å². The number of Topliss-reactive ketones (excluding diaryl/α,β-unsaturated/α-hetero) is 1. The SMILES string of the molecule is Cc1cc(C(=O)CN2CCN(C(=O)NCc3ccccc3)CC2)c(C)n1C(C)(C)C. The van der Waals surface area contributed by atoms with Gasteiger partial charge in [-0.25, -0.2) is 4.79 Å². The molecule has 3 rings (SSSR count). The van der Waals surface area contributed by atoms with Gasteiger partial charge in [0.2, 0.25) is 0 Å². The predicted molar refractivity (Wildman–Crippen MR) is 120 cm³/mol. The van der Waals surface area contributed by atoms with Crippen LogP contribution >= 0.6 is 0 Å².